The summed E-state index contributed by atoms with van der Waals surface area (Å²) in [5.41, 5.74) is 1.70. The van der Waals surface area contributed by atoms with E-state index in [0.29, 0.717) is 11.4 Å². The number of carbonyl (C=O) groups is 1. The maximum Gasteiger partial charge on any atom is 0.341 e. The van der Waals surface area contributed by atoms with Crippen molar-refractivity contribution in [1.82, 2.24) is 4.98 Å². The van der Waals surface area contributed by atoms with Crippen molar-refractivity contribution in [2.45, 2.75) is 13.8 Å². The molecule has 0 amide bonds. The highest BCUT2D eigenvalue weighted by atomic mass is 16.5. The molecule has 2 aromatic rings. The molecule has 2 rings (SSSR count). The second-order valence-corrected chi connectivity index (χ2v) is 3.98. The van der Waals surface area contributed by atoms with E-state index < -0.39 is 5.97 Å². The van der Waals surface area contributed by atoms with Crippen LogP contribution in [0.2, 0.25) is 0 Å². The van der Waals surface area contributed by atoms with Gasteiger partial charge in [-0.25, -0.2) is 9.78 Å². The zero-order valence-corrected chi connectivity index (χ0v) is 10.2. The molecule has 18 heavy (non-hydrogen) atoms. The Labute approximate surface area is 105 Å². The third kappa shape index (κ3) is 2.48. The summed E-state index contributed by atoms with van der Waals surface area (Å²) >= 11 is 0. The van der Waals surface area contributed by atoms with Crippen molar-refractivity contribution in [2.75, 3.05) is 0 Å². The summed E-state index contributed by atoms with van der Waals surface area (Å²) in [4.78, 5) is 15.2. The number of aryl methyl sites for hydroxylation is 2. The standard InChI is InChI=1S/C14H13NO3/c1-9-5-3-4-6-12(9)18-13-11(14(16)17)8-7-10(2)15-13/h3-8H,1-2H3,(H,16,17). The summed E-state index contributed by atoms with van der Waals surface area (Å²) in [7, 11) is 0. The Morgan fingerprint density at radius 1 is 1.17 bits per heavy atom. The molecular weight excluding hydrogens is 230 g/mol. The van der Waals surface area contributed by atoms with E-state index in [0.717, 1.165) is 5.56 Å². The van der Waals surface area contributed by atoms with Crippen LogP contribution < -0.4 is 4.74 Å². The van der Waals surface area contributed by atoms with Crippen molar-refractivity contribution >= 4 is 5.97 Å². The number of para-hydroxylation sites is 1. The fourth-order valence-electron chi connectivity index (χ4n) is 1.55. The van der Waals surface area contributed by atoms with E-state index in [-0.39, 0.29) is 11.4 Å². The number of hydrogen-bond donors (Lipinski definition) is 1. The zero-order valence-electron chi connectivity index (χ0n) is 10.2. The van der Waals surface area contributed by atoms with Gasteiger partial charge in [-0.05, 0) is 37.6 Å². The molecule has 0 radical (unpaired) electrons. The van der Waals surface area contributed by atoms with Gasteiger partial charge in [0.1, 0.15) is 11.3 Å². The molecular formula is C14H13NO3. The minimum atomic E-state index is -1.05. The largest absolute Gasteiger partial charge is 0.477 e. The van der Waals surface area contributed by atoms with E-state index in [9.17, 15) is 4.79 Å². The van der Waals surface area contributed by atoms with Crippen LogP contribution in [0.4, 0.5) is 0 Å². The predicted molar refractivity (Wildman–Crippen MR) is 67.2 cm³/mol. The number of pyridine rings is 1. The van der Waals surface area contributed by atoms with Gasteiger partial charge in [0, 0.05) is 5.69 Å². The maximum atomic E-state index is 11.1. The Balaban J connectivity index is 2.42. The second kappa shape index (κ2) is 4.87. The molecule has 4 heteroatoms. The lowest BCUT2D eigenvalue weighted by Crippen LogP contribution is -2.03. The summed E-state index contributed by atoms with van der Waals surface area (Å²) in [6.45, 7) is 3.68. The van der Waals surface area contributed by atoms with Crippen LogP contribution in [-0.4, -0.2) is 16.1 Å². The maximum absolute atomic E-state index is 11.1. The fourth-order valence-corrected chi connectivity index (χ4v) is 1.55. The van der Waals surface area contributed by atoms with Gasteiger partial charge < -0.3 is 9.84 Å². The second-order valence-electron chi connectivity index (χ2n) is 3.98. The number of aromatic carboxylic acids is 1. The Kier molecular flexibility index (Phi) is 3.28. The van der Waals surface area contributed by atoms with Gasteiger partial charge in [0.15, 0.2) is 0 Å². The minimum Gasteiger partial charge on any atom is -0.477 e. The molecule has 0 saturated carbocycles. The summed E-state index contributed by atoms with van der Waals surface area (Å²) in [6.07, 6.45) is 0. The van der Waals surface area contributed by atoms with Gasteiger partial charge in [0.2, 0.25) is 5.88 Å². The van der Waals surface area contributed by atoms with Gasteiger partial charge >= 0.3 is 5.97 Å². The lowest BCUT2D eigenvalue weighted by molar-refractivity contribution is 0.0693. The Morgan fingerprint density at radius 3 is 2.56 bits per heavy atom. The molecule has 0 saturated heterocycles. The molecule has 1 aromatic carbocycles. The molecule has 0 fully saturated rings. The minimum absolute atomic E-state index is 0.0591. The molecule has 1 N–H and O–H groups in total. The van der Waals surface area contributed by atoms with E-state index in [1.54, 1.807) is 19.1 Å². The van der Waals surface area contributed by atoms with Gasteiger partial charge in [-0.2, -0.15) is 0 Å². The van der Waals surface area contributed by atoms with Crippen LogP contribution in [0.1, 0.15) is 21.6 Å². The van der Waals surface area contributed by atoms with Crippen LogP contribution in [0, 0.1) is 13.8 Å². The average molecular weight is 243 g/mol. The predicted octanol–water partition coefficient (Wildman–Crippen LogP) is 3.19. The number of nitrogens with zero attached hydrogens (tertiary/aromatic N) is 1. The van der Waals surface area contributed by atoms with Crippen LogP contribution in [0.5, 0.6) is 11.6 Å². The number of carboxylic acid groups (broad SMARTS) is 1. The van der Waals surface area contributed by atoms with Crippen molar-refractivity contribution in [3.05, 3.63) is 53.2 Å². The number of ether oxygens (including phenoxy) is 1. The van der Waals surface area contributed by atoms with E-state index in [4.69, 9.17) is 9.84 Å². The van der Waals surface area contributed by atoms with Crippen molar-refractivity contribution in [3.63, 3.8) is 0 Å². The molecule has 0 unspecified atom stereocenters. The average Bonchev–Trinajstić information content (AvgIpc) is 2.32. The van der Waals surface area contributed by atoms with Crippen LogP contribution in [0.15, 0.2) is 36.4 Å². The summed E-state index contributed by atoms with van der Waals surface area (Å²) < 4.78 is 5.59. The molecule has 0 aliphatic carbocycles. The third-order valence-corrected chi connectivity index (χ3v) is 2.53. The van der Waals surface area contributed by atoms with Crippen LogP contribution in [0.3, 0.4) is 0 Å². The number of carboxylic acids is 1. The smallest absolute Gasteiger partial charge is 0.341 e. The highest BCUT2D eigenvalue weighted by Crippen LogP contribution is 2.26. The van der Waals surface area contributed by atoms with E-state index in [1.165, 1.54) is 6.07 Å². The number of benzene rings is 1. The molecule has 4 nitrogen and oxygen atoms in total. The van der Waals surface area contributed by atoms with Gasteiger partial charge in [0.05, 0.1) is 0 Å². The van der Waals surface area contributed by atoms with Gasteiger partial charge in [0.25, 0.3) is 0 Å². The van der Waals surface area contributed by atoms with Crippen LogP contribution in [0.25, 0.3) is 0 Å². The molecule has 0 atom stereocenters. The zero-order chi connectivity index (χ0) is 13.1. The lowest BCUT2D eigenvalue weighted by Gasteiger charge is -2.10. The van der Waals surface area contributed by atoms with Crippen molar-refractivity contribution in [2.24, 2.45) is 0 Å². The fraction of sp³-hybridized carbons (Fsp3) is 0.143. The molecule has 1 heterocycles. The summed E-state index contributed by atoms with van der Waals surface area (Å²) in [5, 5.41) is 9.08. The SMILES string of the molecule is Cc1ccc(C(=O)O)c(Oc2ccccc2C)n1. The Bertz CT molecular complexity index is 593. The lowest BCUT2D eigenvalue weighted by atomic mass is 10.2. The third-order valence-electron chi connectivity index (χ3n) is 2.53. The first-order chi connectivity index (χ1) is 8.58. The van der Waals surface area contributed by atoms with Crippen molar-refractivity contribution in [3.8, 4) is 11.6 Å². The van der Waals surface area contributed by atoms with E-state index in [2.05, 4.69) is 4.98 Å². The number of aromatic nitrogens is 1. The van der Waals surface area contributed by atoms with Crippen molar-refractivity contribution in [1.29, 1.82) is 0 Å². The quantitative estimate of drug-likeness (QED) is 0.899. The Hall–Kier alpha value is -2.36. The topological polar surface area (TPSA) is 59.4 Å². The Morgan fingerprint density at radius 2 is 1.89 bits per heavy atom. The van der Waals surface area contributed by atoms with Crippen LogP contribution >= 0.6 is 0 Å². The molecule has 0 aliphatic heterocycles. The van der Waals surface area contributed by atoms with E-state index in [1.807, 2.05) is 25.1 Å². The first-order valence-electron chi connectivity index (χ1n) is 5.52. The van der Waals surface area contributed by atoms with Crippen molar-refractivity contribution < 1.29 is 14.6 Å². The highest BCUT2D eigenvalue weighted by Gasteiger charge is 2.14. The molecule has 0 bridgehead atoms. The first kappa shape index (κ1) is 12.1. The van der Waals surface area contributed by atoms with Crippen LogP contribution in [-0.2, 0) is 0 Å². The van der Waals surface area contributed by atoms with E-state index >= 15 is 0 Å². The normalized spacial score (nSPS) is 10.1. The van der Waals surface area contributed by atoms with Gasteiger partial charge in [-0.15, -0.1) is 0 Å². The number of hydrogen-bond acceptors (Lipinski definition) is 3. The highest BCUT2D eigenvalue weighted by molar-refractivity contribution is 5.90. The number of rotatable bonds is 3. The van der Waals surface area contributed by atoms with Gasteiger partial charge in [-0.1, -0.05) is 18.2 Å². The van der Waals surface area contributed by atoms with Gasteiger partial charge in [-0.3, -0.25) is 0 Å². The summed E-state index contributed by atoms with van der Waals surface area (Å²) in [5.74, 6) is -0.319. The summed E-state index contributed by atoms with van der Waals surface area (Å²) in [6, 6.07) is 10.5. The molecule has 0 spiro atoms. The molecule has 92 valence electrons. The molecule has 1 aromatic heterocycles. The first-order valence-corrected chi connectivity index (χ1v) is 5.52. The monoisotopic (exact) mass is 243 g/mol. The molecule has 0 aliphatic rings.